The molecule has 0 aliphatic rings. The van der Waals surface area contributed by atoms with Crippen molar-refractivity contribution >= 4 is 29.1 Å². The smallest absolute Gasteiger partial charge is 0.161 e. The Morgan fingerprint density at radius 3 is 2.67 bits per heavy atom. The van der Waals surface area contributed by atoms with Crippen LogP contribution in [0.1, 0.15) is 12.5 Å². The highest BCUT2D eigenvalue weighted by Crippen LogP contribution is 2.39. The van der Waals surface area contributed by atoms with Gasteiger partial charge in [0.1, 0.15) is 11.5 Å². The highest BCUT2D eigenvalue weighted by Gasteiger charge is 2.20. The Morgan fingerprint density at radius 1 is 1.17 bits per heavy atom. The Morgan fingerprint density at radius 2 is 2.00 bits per heavy atom. The van der Waals surface area contributed by atoms with Crippen LogP contribution in [0.3, 0.4) is 0 Å². The fourth-order valence-corrected chi connectivity index (χ4v) is 2.84. The molecule has 0 amide bonds. The number of pyridine rings is 1. The van der Waals surface area contributed by atoms with E-state index in [2.05, 4.69) is 27.8 Å². The first-order valence-corrected chi connectivity index (χ1v) is 8.03. The zero-order valence-corrected chi connectivity index (χ0v) is 14.4. The Balaban J connectivity index is 2.36. The van der Waals surface area contributed by atoms with Gasteiger partial charge in [-0.05, 0) is 31.2 Å². The van der Waals surface area contributed by atoms with Gasteiger partial charge in [0, 0.05) is 22.2 Å². The van der Waals surface area contributed by atoms with Crippen molar-refractivity contribution in [2.24, 2.45) is 0 Å². The van der Waals surface area contributed by atoms with Gasteiger partial charge >= 0.3 is 0 Å². The lowest BCUT2D eigenvalue weighted by Gasteiger charge is -2.14. The second kappa shape index (κ2) is 7.11. The van der Waals surface area contributed by atoms with Crippen molar-refractivity contribution in [3.63, 3.8) is 0 Å². The molecule has 3 rings (SSSR count). The van der Waals surface area contributed by atoms with Crippen LogP contribution in [-0.2, 0) is 0 Å². The topological polar surface area (TPSA) is 38.7 Å². The monoisotopic (exact) mass is 357 g/mol. The highest BCUT2D eigenvalue weighted by molar-refractivity contribution is 7.90. The molecule has 3 aromatic rings. The largest absolute Gasteiger partial charge is 0.256 e. The molecule has 0 saturated carbocycles. The predicted octanol–water partition coefficient (Wildman–Crippen LogP) is 5.29. The van der Waals surface area contributed by atoms with Gasteiger partial charge in [-0.3, -0.25) is 4.98 Å². The summed E-state index contributed by atoms with van der Waals surface area (Å²) in [6.45, 7) is 1.86. The summed E-state index contributed by atoms with van der Waals surface area (Å²) in [5.74, 6) is -0.351. The second-order valence-electron chi connectivity index (χ2n) is 4.99. The van der Waals surface area contributed by atoms with E-state index in [1.807, 2.05) is 31.2 Å². The van der Waals surface area contributed by atoms with Crippen molar-refractivity contribution in [3.8, 4) is 22.5 Å². The number of hydrogen-bond donors (Lipinski definition) is 1. The summed E-state index contributed by atoms with van der Waals surface area (Å²) in [5.41, 5.74) is 3.04. The van der Waals surface area contributed by atoms with Crippen molar-refractivity contribution in [1.29, 1.82) is 0 Å². The van der Waals surface area contributed by atoms with E-state index in [0.29, 0.717) is 33.0 Å². The molecule has 0 unspecified atom stereocenters. The van der Waals surface area contributed by atoms with E-state index in [1.165, 1.54) is 12.1 Å². The number of thiol groups is 1. The minimum Gasteiger partial charge on any atom is -0.256 e. The zero-order valence-electron chi connectivity index (χ0n) is 12.7. The van der Waals surface area contributed by atoms with Crippen molar-refractivity contribution < 1.29 is 4.39 Å². The SMILES string of the molecule is C/C=C(\S)c1c(-c2cccc(F)c2)nnc(Cl)c1-c1ccccn1. The molecule has 0 bridgehead atoms. The van der Waals surface area contributed by atoms with Crippen LogP contribution in [0.25, 0.3) is 27.4 Å². The zero-order chi connectivity index (χ0) is 17.1. The maximum atomic E-state index is 13.6. The summed E-state index contributed by atoms with van der Waals surface area (Å²) in [4.78, 5) is 5.01. The molecule has 0 N–H and O–H groups in total. The van der Waals surface area contributed by atoms with Crippen LogP contribution in [0, 0.1) is 5.82 Å². The van der Waals surface area contributed by atoms with Crippen LogP contribution in [0.5, 0.6) is 0 Å². The fraction of sp³-hybridized carbons (Fsp3) is 0.0556. The number of halogens is 2. The number of benzene rings is 1. The van der Waals surface area contributed by atoms with E-state index < -0.39 is 0 Å². The van der Waals surface area contributed by atoms with Gasteiger partial charge in [-0.25, -0.2) is 4.39 Å². The minimum absolute atomic E-state index is 0.220. The van der Waals surface area contributed by atoms with Gasteiger partial charge in [-0.2, -0.15) is 0 Å². The van der Waals surface area contributed by atoms with E-state index in [-0.39, 0.29) is 11.0 Å². The van der Waals surface area contributed by atoms with Crippen molar-refractivity contribution in [3.05, 3.63) is 71.3 Å². The van der Waals surface area contributed by atoms with Crippen molar-refractivity contribution in [2.45, 2.75) is 6.92 Å². The van der Waals surface area contributed by atoms with Gasteiger partial charge < -0.3 is 0 Å². The molecular formula is C18H13ClFN3S. The van der Waals surface area contributed by atoms with E-state index in [4.69, 9.17) is 11.6 Å². The number of nitrogens with zero attached hydrogens (tertiary/aromatic N) is 3. The first kappa shape index (κ1) is 16.6. The van der Waals surface area contributed by atoms with E-state index in [0.717, 1.165) is 0 Å². The average molecular weight is 358 g/mol. The predicted molar refractivity (Wildman–Crippen MR) is 98.3 cm³/mol. The fourth-order valence-electron chi connectivity index (χ4n) is 2.39. The molecule has 0 fully saturated rings. The molecular weight excluding hydrogens is 345 g/mol. The molecule has 0 aliphatic heterocycles. The standard InChI is InChI=1S/C18H13ClFN3S/c1-2-14(24)16-15(13-8-3-4-9-21-13)18(19)23-22-17(16)11-6-5-7-12(20)10-11/h2-10,24H,1H3/b14-2-. The summed E-state index contributed by atoms with van der Waals surface area (Å²) in [7, 11) is 0. The normalized spacial score (nSPS) is 11.6. The molecule has 3 nitrogen and oxygen atoms in total. The van der Waals surface area contributed by atoms with E-state index in [1.54, 1.807) is 18.3 Å². The molecule has 2 heterocycles. The Hall–Kier alpha value is -2.24. The lowest BCUT2D eigenvalue weighted by molar-refractivity contribution is 0.628. The van der Waals surface area contributed by atoms with E-state index >= 15 is 0 Å². The number of hydrogen-bond acceptors (Lipinski definition) is 4. The summed E-state index contributed by atoms with van der Waals surface area (Å²) in [6, 6.07) is 11.7. The van der Waals surface area contributed by atoms with Crippen LogP contribution < -0.4 is 0 Å². The van der Waals surface area contributed by atoms with Gasteiger partial charge in [-0.15, -0.1) is 22.8 Å². The van der Waals surface area contributed by atoms with Gasteiger partial charge in [0.2, 0.25) is 0 Å². The van der Waals surface area contributed by atoms with Crippen LogP contribution in [0.4, 0.5) is 4.39 Å². The molecule has 2 aromatic heterocycles. The van der Waals surface area contributed by atoms with E-state index in [9.17, 15) is 4.39 Å². The molecule has 0 radical (unpaired) electrons. The Kier molecular flexibility index (Phi) is 4.92. The maximum absolute atomic E-state index is 13.6. The Labute approximate surface area is 149 Å². The minimum atomic E-state index is -0.351. The summed E-state index contributed by atoms with van der Waals surface area (Å²) in [6.07, 6.45) is 3.50. The molecule has 0 atom stereocenters. The molecule has 0 saturated heterocycles. The second-order valence-corrected chi connectivity index (χ2v) is 5.83. The van der Waals surface area contributed by atoms with Crippen LogP contribution in [0.2, 0.25) is 5.15 Å². The molecule has 24 heavy (non-hydrogen) atoms. The molecule has 1 aromatic carbocycles. The Bertz CT molecular complexity index is 913. The van der Waals surface area contributed by atoms with Gasteiger partial charge in [0.25, 0.3) is 0 Å². The highest BCUT2D eigenvalue weighted by atomic mass is 35.5. The quantitative estimate of drug-likeness (QED) is 0.647. The lowest BCUT2D eigenvalue weighted by atomic mass is 9.99. The van der Waals surface area contributed by atoms with Crippen molar-refractivity contribution in [1.82, 2.24) is 15.2 Å². The first-order valence-electron chi connectivity index (χ1n) is 7.21. The molecule has 120 valence electrons. The lowest BCUT2D eigenvalue weighted by Crippen LogP contribution is -2.00. The summed E-state index contributed by atoms with van der Waals surface area (Å²) >= 11 is 10.9. The number of rotatable bonds is 3. The van der Waals surface area contributed by atoms with Crippen LogP contribution in [0.15, 0.2) is 54.7 Å². The summed E-state index contributed by atoms with van der Waals surface area (Å²) < 4.78 is 13.6. The third-order valence-electron chi connectivity index (χ3n) is 3.48. The molecule has 6 heteroatoms. The third kappa shape index (κ3) is 3.18. The number of allylic oxidation sites excluding steroid dienone is 1. The first-order chi connectivity index (χ1) is 11.6. The van der Waals surface area contributed by atoms with Crippen LogP contribution >= 0.6 is 24.2 Å². The molecule has 0 spiro atoms. The third-order valence-corrected chi connectivity index (χ3v) is 4.23. The maximum Gasteiger partial charge on any atom is 0.161 e. The van der Waals surface area contributed by atoms with Gasteiger partial charge in [0.15, 0.2) is 5.15 Å². The number of aromatic nitrogens is 3. The summed E-state index contributed by atoms with van der Waals surface area (Å²) in [5, 5.41) is 8.43. The average Bonchev–Trinajstić information content (AvgIpc) is 2.61. The van der Waals surface area contributed by atoms with Crippen LogP contribution in [-0.4, -0.2) is 15.2 Å². The van der Waals surface area contributed by atoms with Gasteiger partial charge in [0.05, 0.1) is 11.3 Å². The van der Waals surface area contributed by atoms with Gasteiger partial charge in [-0.1, -0.05) is 35.9 Å². The van der Waals surface area contributed by atoms with Crippen molar-refractivity contribution in [2.75, 3.05) is 0 Å². The molecule has 0 aliphatic carbocycles.